The van der Waals surface area contributed by atoms with Crippen LogP contribution in [0.3, 0.4) is 0 Å². The maximum Gasteiger partial charge on any atom is 0.318 e. The minimum atomic E-state index is -1.58. The van der Waals surface area contributed by atoms with Gasteiger partial charge in [0.15, 0.2) is 0 Å². The minimum absolute atomic E-state index is 0.134. The van der Waals surface area contributed by atoms with Gasteiger partial charge in [-0.2, -0.15) is 0 Å². The number of aliphatic hydroxyl groups is 2. The Morgan fingerprint density at radius 2 is 0.964 bits per heavy atom. The average Bonchev–Trinajstić information content (AvgIpc) is 3.90. The Kier molecular flexibility index (Phi) is 16.8. The fourth-order valence-corrected chi connectivity index (χ4v) is 7.19. The number of carbonyl (C=O) groups is 4. The third kappa shape index (κ3) is 13.1. The molecule has 0 unspecified atom stereocenters. The highest BCUT2D eigenvalue weighted by molar-refractivity contribution is 7.07. The number of aliphatic hydroxyl groups excluding tert-OH is 2. The SMILES string of the molecule is CC(C)[C@H](NC(=O)N(C)Cc1cscn1)C(=O)N[C@@H](Cc1ccccc1)[C@@H](O)[C@H](O)[C@H](Cc1ccccc1)NC(=O)[C@H](NC(=O)N(C)Cc1cscn1)C(C)C. The molecular formula is C40H54N8O6S2. The maximum atomic E-state index is 14.0. The Morgan fingerprint density at radius 3 is 1.27 bits per heavy atom. The number of nitrogens with one attached hydrogen (secondary N) is 4. The summed E-state index contributed by atoms with van der Waals surface area (Å²) in [5.41, 5.74) is 6.36. The van der Waals surface area contributed by atoms with Crippen LogP contribution in [0.15, 0.2) is 82.4 Å². The summed E-state index contributed by atoms with van der Waals surface area (Å²) in [6.07, 6.45) is -2.90. The highest BCUT2D eigenvalue weighted by Gasteiger charge is 2.38. The molecule has 6 atom stereocenters. The second-order valence-electron chi connectivity index (χ2n) is 14.6. The molecule has 0 fully saturated rings. The summed E-state index contributed by atoms with van der Waals surface area (Å²) in [6, 6.07) is 13.4. The molecule has 0 aliphatic rings. The summed E-state index contributed by atoms with van der Waals surface area (Å²) < 4.78 is 0. The van der Waals surface area contributed by atoms with E-state index in [-0.39, 0.29) is 37.8 Å². The van der Waals surface area contributed by atoms with Crippen molar-refractivity contribution in [3.05, 3.63) is 105 Å². The van der Waals surface area contributed by atoms with E-state index < -0.39 is 60.3 Å². The van der Waals surface area contributed by atoms with Crippen molar-refractivity contribution in [2.75, 3.05) is 14.1 Å². The van der Waals surface area contributed by atoms with Gasteiger partial charge in [-0.3, -0.25) is 9.59 Å². The van der Waals surface area contributed by atoms with Gasteiger partial charge in [0, 0.05) is 24.9 Å². The topological polar surface area (TPSA) is 189 Å². The van der Waals surface area contributed by atoms with Gasteiger partial charge in [-0.1, -0.05) is 88.4 Å². The van der Waals surface area contributed by atoms with Gasteiger partial charge in [0.25, 0.3) is 0 Å². The molecule has 16 heteroatoms. The molecule has 2 heterocycles. The van der Waals surface area contributed by atoms with Crippen molar-refractivity contribution < 1.29 is 29.4 Å². The highest BCUT2D eigenvalue weighted by Crippen LogP contribution is 2.17. The molecule has 56 heavy (non-hydrogen) atoms. The summed E-state index contributed by atoms with van der Waals surface area (Å²) in [4.78, 5) is 65.7. The molecule has 0 saturated heterocycles. The number of hydrogen-bond acceptors (Lipinski definition) is 10. The van der Waals surface area contributed by atoms with Crippen molar-refractivity contribution in [1.82, 2.24) is 41.0 Å². The van der Waals surface area contributed by atoms with Gasteiger partial charge in [-0.25, -0.2) is 19.6 Å². The van der Waals surface area contributed by atoms with E-state index >= 15 is 0 Å². The second-order valence-corrected chi connectivity index (χ2v) is 16.0. The Bertz CT molecular complexity index is 1670. The quantitative estimate of drug-likeness (QED) is 0.0826. The first-order valence-electron chi connectivity index (χ1n) is 18.6. The fourth-order valence-electron chi connectivity index (χ4n) is 6.09. The molecule has 0 radical (unpaired) electrons. The van der Waals surface area contributed by atoms with Gasteiger partial charge in [0.1, 0.15) is 24.3 Å². The van der Waals surface area contributed by atoms with E-state index in [1.807, 2.05) is 71.4 Å². The summed E-state index contributed by atoms with van der Waals surface area (Å²) in [5, 5.41) is 39.1. The molecule has 6 amide bonds. The lowest BCUT2D eigenvalue weighted by atomic mass is 9.90. The zero-order valence-corrected chi connectivity index (χ0v) is 34.3. The van der Waals surface area contributed by atoms with Crippen molar-refractivity contribution in [3.63, 3.8) is 0 Å². The maximum absolute atomic E-state index is 14.0. The van der Waals surface area contributed by atoms with Gasteiger partial charge >= 0.3 is 12.1 Å². The lowest BCUT2D eigenvalue weighted by Gasteiger charge is -2.35. The van der Waals surface area contributed by atoms with Crippen LogP contribution in [0.25, 0.3) is 0 Å². The largest absolute Gasteiger partial charge is 0.388 e. The van der Waals surface area contributed by atoms with E-state index in [4.69, 9.17) is 0 Å². The molecular weight excluding hydrogens is 753 g/mol. The summed E-state index contributed by atoms with van der Waals surface area (Å²) >= 11 is 2.84. The van der Waals surface area contributed by atoms with E-state index in [9.17, 15) is 29.4 Å². The molecule has 0 saturated carbocycles. The van der Waals surface area contributed by atoms with Crippen LogP contribution in [0.1, 0.15) is 50.2 Å². The van der Waals surface area contributed by atoms with E-state index in [1.54, 1.807) is 52.8 Å². The molecule has 4 rings (SSSR count). The minimum Gasteiger partial charge on any atom is -0.388 e. The number of rotatable bonds is 19. The van der Waals surface area contributed by atoms with Crippen LogP contribution in [-0.2, 0) is 35.5 Å². The van der Waals surface area contributed by atoms with Crippen LogP contribution < -0.4 is 21.3 Å². The predicted octanol–water partition coefficient (Wildman–Crippen LogP) is 3.81. The van der Waals surface area contributed by atoms with Gasteiger partial charge in [-0.05, 0) is 35.8 Å². The first kappa shape index (κ1) is 43.8. The number of aromatic nitrogens is 2. The number of carbonyl (C=O) groups excluding carboxylic acids is 4. The molecule has 0 aliphatic carbocycles. The van der Waals surface area contributed by atoms with Crippen LogP contribution >= 0.6 is 22.7 Å². The Labute approximate surface area is 336 Å². The first-order chi connectivity index (χ1) is 26.7. The summed E-state index contributed by atoms with van der Waals surface area (Å²) in [6.45, 7) is 7.71. The van der Waals surface area contributed by atoms with Crippen LogP contribution in [-0.4, -0.2) is 104 Å². The first-order valence-corrected chi connectivity index (χ1v) is 20.4. The monoisotopic (exact) mass is 806 g/mol. The molecule has 4 aromatic rings. The molecule has 0 bridgehead atoms. The van der Waals surface area contributed by atoms with E-state index in [0.717, 1.165) is 22.5 Å². The number of hydrogen-bond donors (Lipinski definition) is 6. The molecule has 2 aromatic carbocycles. The molecule has 0 spiro atoms. The summed E-state index contributed by atoms with van der Waals surface area (Å²) in [5.74, 6) is -1.76. The highest BCUT2D eigenvalue weighted by atomic mass is 32.1. The zero-order valence-electron chi connectivity index (χ0n) is 32.7. The van der Waals surface area contributed by atoms with Gasteiger partial charge in [-0.15, -0.1) is 22.7 Å². The third-order valence-electron chi connectivity index (χ3n) is 9.34. The van der Waals surface area contributed by atoms with Crippen LogP contribution in [0.4, 0.5) is 9.59 Å². The van der Waals surface area contributed by atoms with Crippen LogP contribution in [0, 0.1) is 11.8 Å². The molecule has 2 aromatic heterocycles. The summed E-state index contributed by atoms with van der Waals surface area (Å²) in [7, 11) is 3.22. The second kappa shape index (κ2) is 21.4. The standard InChI is InChI=1S/C40H54N8O6S2/c1-25(2)33(45-39(53)47(5)19-29-21-55-23-41-29)37(51)43-31(17-27-13-9-7-10-14-27)35(49)36(50)32(18-28-15-11-8-12-16-28)44-38(52)34(26(3)4)46-40(54)48(6)20-30-22-56-24-42-30/h7-16,21-26,31-36,49-50H,17-20H2,1-6H3,(H,43,51)(H,44,52)(H,45,53)(H,46,54)/t31-,32-,33-,34+,35+,36+/m0/s1. The Morgan fingerprint density at radius 1 is 0.607 bits per heavy atom. The fraction of sp³-hybridized carbons (Fsp3) is 0.450. The van der Waals surface area contributed by atoms with Crippen molar-refractivity contribution >= 4 is 46.6 Å². The number of thiazole rings is 2. The smallest absolute Gasteiger partial charge is 0.318 e. The lowest BCUT2D eigenvalue weighted by molar-refractivity contribution is -0.129. The Hall–Kier alpha value is -4.90. The van der Waals surface area contributed by atoms with Crippen molar-refractivity contribution in [3.8, 4) is 0 Å². The number of urea groups is 2. The average molecular weight is 807 g/mol. The van der Waals surface area contributed by atoms with Crippen molar-refractivity contribution in [1.29, 1.82) is 0 Å². The van der Waals surface area contributed by atoms with E-state index in [0.29, 0.717) is 0 Å². The normalized spacial score (nSPS) is 14.5. The van der Waals surface area contributed by atoms with Crippen molar-refractivity contribution in [2.45, 2.75) is 90.0 Å². The molecule has 14 nitrogen and oxygen atoms in total. The third-order valence-corrected chi connectivity index (χ3v) is 10.6. The predicted molar refractivity (Wildman–Crippen MR) is 218 cm³/mol. The Balaban J connectivity index is 1.56. The van der Waals surface area contributed by atoms with Gasteiger partial charge < -0.3 is 41.3 Å². The van der Waals surface area contributed by atoms with Crippen molar-refractivity contribution in [2.24, 2.45) is 11.8 Å². The molecule has 302 valence electrons. The van der Waals surface area contributed by atoms with E-state index in [1.165, 1.54) is 32.5 Å². The molecule has 6 N–H and O–H groups in total. The van der Waals surface area contributed by atoms with E-state index in [2.05, 4.69) is 31.2 Å². The zero-order chi connectivity index (χ0) is 40.8. The van der Waals surface area contributed by atoms with Gasteiger partial charge in [0.05, 0.1) is 47.6 Å². The van der Waals surface area contributed by atoms with Gasteiger partial charge in [0.2, 0.25) is 11.8 Å². The number of amides is 6. The van der Waals surface area contributed by atoms with Crippen LogP contribution in [0.2, 0.25) is 0 Å². The number of benzene rings is 2. The lowest BCUT2D eigenvalue weighted by Crippen LogP contribution is -2.62. The van der Waals surface area contributed by atoms with Crippen LogP contribution in [0.5, 0.6) is 0 Å². The number of nitrogens with zero attached hydrogens (tertiary/aromatic N) is 4. The molecule has 0 aliphatic heterocycles.